The van der Waals surface area contributed by atoms with Gasteiger partial charge in [0.15, 0.2) is 0 Å². The van der Waals surface area contributed by atoms with Crippen LogP contribution in [0.3, 0.4) is 0 Å². The molecule has 1 N–H and O–H groups in total. The summed E-state index contributed by atoms with van der Waals surface area (Å²) in [6.45, 7) is 3.13. The highest BCUT2D eigenvalue weighted by Gasteiger charge is 2.18. The molecule has 1 saturated heterocycles. The lowest BCUT2D eigenvalue weighted by molar-refractivity contribution is 0.618. The first kappa shape index (κ1) is 7.68. The van der Waals surface area contributed by atoms with E-state index in [1.165, 1.54) is 12.8 Å². The van der Waals surface area contributed by atoms with Crippen LogP contribution in [0.15, 0.2) is 12.4 Å². The fourth-order valence-electron chi connectivity index (χ4n) is 1.68. The standard InChI is InChI=1S/C9H13N3/c1-7-9(12-6-5-10-7)8-3-2-4-11-8/h5-6,8,11H,2-4H2,1H3. The summed E-state index contributed by atoms with van der Waals surface area (Å²) in [6, 6.07) is 0.443. The van der Waals surface area contributed by atoms with Gasteiger partial charge >= 0.3 is 0 Å². The van der Waals surface area contributed by atoms with Crippen molar-refractivity contribution in [1.82, 2.24) is 15.3 Å². The van der Waals surface area contributed by atoms with Gasteiger partial charge in [-0.3, -0.25) is 9.97 Å². The van der Waals surface area contributed by atoms with Gasteiger partial charge in [0.25, 0.3) is 0 Å². The molecule has 2 rings (SSSR count). The van der Waals surface area contributed by atoms with Crippen molar-refractivity contribution in [2.24, 2.45) is 0 Å². The smallest absolute Gasteiger partial charge is 0.0785 e. The molecule has 3 heteroatoms. The number of nitrogens with zero attached hydrogens (tertiary/aromatic N) is 2. The van der Waals surface area contributed by atoms with Crippen LogP contribution in [-0.4, -0.2) is 16.5 Å². The predicted molar refractivity (Wildman–Crippen MR) is 46.7 cm³/mol. The Kier molecular flexibility index (Phi) is 2.04. The molecular weight excluding hydrogens is 150 g/mol. The van der Waals surface area contributed by atoms with E-state index in [1.54, 1.807) is 12.4 Å². The molecule has 0 bridgehead atoms. The van der Waals surface area contributed by atoms with Crippen LogP contribution in [0, 0.1) is 6.92 Å². The van der Waals surface area contributed by atoms with Crippen molar-refractivity contribution in [3.63, 3.8) is 0 Å². The molecule has 1 aliphatic rings. The Hall–Kier alpha value is -0.960. The zero-order chi connectivity index (χ0) is 8.39. The third-order valence-electron chi connectivity index (χ3n) is 2.31. The number of rotatable bonds is 1. The molecule has 3 nitrogen and oxygen atoms in total. The molecule has 1 fully saturated rings. The van der Waals surface area contributed by atoms with Crippen LogP contribution in [0.2, 0.25) is 0 Å². The molecule has 64 valence electrons. The number of hydrogen-bond acceptors (Lipinski definition) is 3. The monoisotopic (exact) mass is 163 g/mol. The molecule has 0 radical (unpaired) electrons. The van der Waals surface area contributed by atoms with E-state index in [0.29, 0.717) is 6.04 Å². The quantitative estimate of drug-likeness (QED) is 0.676. The number of aryl methyl sites for hydroxylation is 1. The van der Waals surface area contributed by atoms with Gasteiger partial charge in [-0.25, -0.2) is 0 Å². The van der Waals surface area contributed by atoms with Crippen LogP contribution >= 0.6 is 0 Å². The van der Waals surface area contributed by atoms with E-state index in [9.17, 15) is 0 Å². The summed E-state index contributed by atoms with van der Waals surface area (Å²) in [5.74, 6) is 0. The second-order valence-electron chi connectivity index (χ2n) is 3.18. The number of hydrogen-bond donors (Lipinski definition) is 1. The summed E-state index contributed by atoms with van der Waals surface area (Å²) in [7, 11) is 0. The van der Waals surface area contributed by atoms with Crippen molar-refractivity contribution in [2.75, 3.05) is 6.54 Å². The summed E-state index contributed by atoms with van der Waals surface area (Å²) in [6.07, 6.45) is 5.95. The van der Waals surface area contributed by atoms with E-state index in [1.807, 2.05) is 6.92 Å². The molecule has 1 aliphatic heterocycles. The van der Waals surface area contributed by atoms with E-state index < -0.39 is 0 Å². The molecular formula is C9H13N3. The molecule has 1 aromatic heterocycles. The third kappa shape index (κ3) is 1.32. The van der Waals surface area contributed by atoms with Crippen molar-refractivity contribution < 1.29 is 0 Å². The Balaban J connectivity index is 2.26. The van der Waals surface area contributed by atoms with Crippen LogP contribution < -0.4 is 5.32 Å². The number of nitrogens with one attached hydrogen (secondary N) is 1. The second-order valence-corrected chi connectivity index (χ2v) is 3.18. The molecule has 0 amide bonds. The fourth-order valence-corrected chi connectivity index (χ4v) is 1.68. The SMILES string of the molecule is Cc1nccnc1C1CCCN1. The average molecular weight is 163 g/mol. The van der Waals surface area contributed by atoms with Gasteiger partial charge in [-0.1, -0.05) is 0 Å². The Bertz CT molecular complexity index is 266. The normalized spacial score (nSPS) is 22.9. The summed E-state index contributed by atoms with van der Waals surface area (Å²) in [5, 5.41) is 3.41. The zero-order valence-corrected chi connectivity index (χ0v) is 7.25. The van der Waals surface area contributed by atoms with E-state index in [0.717, 1.165) is 17.9 Å². The van der Waals surface area contributed by atoms with Crippen molar-refractivity contribution in [3.8, 4) is 0 Å². The first-order valence-electron chi connectivity index (χ1n) is 4.39. The average Bonchev–Trinajstić information content (AvgIpc) is 2.57. The van der Waals surface area contributed by atoms with Gasteiger partial charge in [0, 0.05) is 12.4 Å². The summed E-state index contributed by atoms with van der Waals surface area (Å²) in [4.78, 5) is 8.56. The van der Waals surface area contributed by atoms with E-state index in [-0.39, 0.29) is 0 Å². The molecule has 1 atom stereocenters. The van der Waals surface area contributed by atoms with Crippen LogP contribution in [0.5, 0.6) is 0 Å². The molecule has 0 spiro atoms. The van der Waals surface area contributed by atoms with Crippen LogP contribution in [0.1, 0.15) is 30.3 Å². The van der Waals surface area contributed by atoms with Gasteiger partial charge in [-0.2, -0.15) is 0 Å². The molecule has 12 heavy (non-hydrogen) atoms. The van der Waals surface area contributed by atoms with Crippen molar-refractivity contribution in [3.05, 3.63) is 23.8 Å². The van der Waals surface area contributed by atoms with Crippen LogP contribution in [0.4, 0.5) is 0 Å². The lowest BCUT2D eigenvalue weighted by Gasteiger charge is -2.10. The van der Waals surface area contributed by atoms with E-state index in [2.05, 4.69) is 15.3 Å². The maximum absolute atomic E-state index is 4.34. The summed E-state index contributed by atoms with van der Waals surface area (Å²) >= 11 is 0. The Labute approximate surface area is 72.2 Å². The van der Waals surface area contributed by atoms with Crippen LogP contribution in [-0.2, 0) is 0 Å². The van der Waals surface area contributed by atoms with Crippen molar-refractivity contribution >= 4 is 0 Å². The molecule has 0 saturated carbocycles. The highest BCUT2D eigenvalue weighted by molar-refractivity contribution is 5.14. The maximum atomic E-state index is 4.34. The van der Waals surface area contributed by atoms with Gasteiger partial charge in [0.05, 0.1) is 17.4 Å². The zero-order valence-electron chi connectivity index (χ0n) is 7.25. The van der Waals surface area contributed by atoms with Gasteiger partial charge in [-0.15, -0.1) is 0 Å². The van der Waals surface area contributed by atoms with Crippen molar-refractivity contribution in [2.45, 2.75) is 25.8 Å². The summed E-state index contributed by atoms with van der Waals surface area (Å²) in [5.41, 5.74) is 2.17. The topological polar surface area (TPSA) is 37.8 Å². The van der Waals surface area contributed by atoms with Gasteiger partial charge < -0.3 is 5.32 Å². The van der Waals surface area contributed by atoms with E-state index in [4.69, 9.17) is 0 Å². The first-order valence-corrected chi connectivity index (χ1v) is 4.39. The molecule has 1 aromatic rings. The maximum Gasteiger partial charge on any atom is 0.0785 e. The Morgan fingerprint density at radius 2 is 2.25 bits per heavy atom. The first-order chi connectivity index (χ1) is 5.88. The van der Waals surface area contributed by atoms with Crippen molar-refractivity contribution in [1.29, 1.82) is 0 Å². The second kappa shape index (κ2) is 3.19. The third-order valence-corrected chi connectivity index (χ3v) is 2.31. The minimum Gasteiger partial charge on any atom is -0.309 e. The Morgan fingerprint density at radius 3 is 2.92 bits per heavy atom. The molecule has 0 aliphatic carbocycles. The largest absolute Gasteiger partial charge is 0.309 e. The van der Waals surface area contributed by atoms with Crippen LogP contribution in [0.25, 0.3) is 0 Å². The lowest BCUT2D eigenvalue weighted by Crippen LogP contribution is -2.15. The minimum atomic E-state index is 0.443. The minimum absolute atomic E-state index is 0.443. The van der Waals surface area contributed by atoms with Gasteiger partial charge in [0.1, 0.15) is 0 Å². The van der Waals surface area contributed by atoms with Gasteiger partial charge in [-0.05, 0) is 26.3 Å². The van der Waals surface area contributed by atoms with Gasteiger partial charge in [0.2, 0.25) is 0 Å². The summed E-state index contributed by atoms with van der Waals surface area (Å²) < 4.78 is 0. The molecule has 2 heterocycles. The predicted octanol–water partition coefficient (Wildman–Crippen LogP) is 1.21. The molecule has 1 unspecified atom stereocenters. The highest BCUT2D eigenvalue weighted by Crippen LogP contribution is 2.22. The number of aromatic nitrogens is 2. The Morgan fingerprint density at radius 1 is 1.42 bits per heavy atom. The fraction of sp³-hybridized carbons (Fsp3) is 0.556. The van der Waals surface area contributed by atoms with E-state index >= 15 is 0 Å². The lowest BCUT2D eigenvalue weighted by atomic mass is 10.1. The molecule has 0 aromatic carbocycles. The highest BCUT2D eigenvalue weighted by atomic mass is 15.0.